The Morgan fingerprint density at radius 1 is 0.944 bits per heavy atom. The second-order valence-electron chi connectivity index (χ2n) is 10.1. The molecule has 184 valence electrons. The van der Waals surface area contributed by atoms with Gasteiger partial charge in [-0.25, -0.2) is 9.18 Å². The average molecular weight is 489 g/mol. The number of rotatable bonds is 7. The van der Waals surface area contributed by atoms with E-state index in [0.717, 1.165) is 16.9 Å². The number of hydrogen-bond acceptors (Lipinski definition) is 5. The molecular formula is C28H25FN2O5. The smallest absolute Gasteiger partial charge is 0.330 e. The van der Waals surface area contributed by atoms with Gasteiger partial charge in [0.05, 0.1) is 11.8 Å². The van der Waals surface area contributed by atoms with Gasteiger partial charge in [0.15, 0.2) is 6.61 Å². The molecule has 7 rings (SSSR count). The molecule has 0 radical (unpaired) electrons. The summed E-state index contributed by atoms with van der Waals surface area (Å²) >= 11 is 0. The summed E-state index contributed by atoms with van der Waals surface area (Å²) in [6, 6.07) is 13.1. The van der Waals surface area contributed by atoms with E-state index in [0.29, 0.717) is 17.5 Å². The molecule has 7 unspecified atom stereocenters. The fourth-order valence-corrected chi connectivity index (χ4v) is 6.37. The summed E-state index contributed by atoms with van der Waals surface area (Å²) in [4.78, 5) is 53.9. The zero-order valence-corrected chi connectivity index (χ0v) is 19.4. The molecule has 4 aliphatic carbocycles. The minimum absolute atomic E-state index is 0.0429. The first-order chi connectivity index (χ1) is 17.4. The van der Waals surface area contributed by atoms with Crippen molar-refractivity contribution in [3.63, 3.8) is 0 Å². The van der Waals surface area contributed by atoms with Gasteiger partial charge in [-0.3, -0.25) is 19.3 Å². The Balaban J connectivity index is 1.20. The first kappa shape index (κ1) is 22.6. The lowest BCUT2D eigenvalue weighted by Crippen LogP contribution is -2.48. The van der Waals surface area contributed by atoms with E-state index >= 15 is 0 Å². The highest BCUT2D eigenvalue weighted by Crippen LogP contribution is 2.65. The van der Waals surface area contributed by atoms with Crippen LogP contribution in [0.15, 0.2) is 66.7 Å². The molecule has 2 bridgehead atoms. The Kier molecular flexibility index (Phi) is 5.47. The molecule has 1 heterocycles. The van der Waals surface area contributed by atoms with Crippen LogP contribution in [0.3, 0.4) is 0 Å². The second-order valence-corrected chi connectivity index (χ2v) is 10.1. The molecule has 7 atom stereocenters. The van der Waals surface area contributed by atoms with Crippen LogP contribution in [0.4, 0.5) is 10.1 Å². The maximum absolute atomic E-state index is 13.6. The first-order valence-electron chi connectivity index (χ1n) is 12.2. The zero-order chi connectivity index (χ0) is 25.0. The van der Waals surface area contributed by atoms with Crippen LogP contribution < -0.4 is 5.32 Å². The number of allylic oxidation sites excluding steroid dienone is 2. The van der Waals surface area contributed by atoms with Gasteiger partial charge >= 0.3 is 5.97 Å². The molecule has 3 fully saturated rings. The Hall–Kier alpha value is -3.81. The number of carbonyl (C=O) groups is 4. The molecule has 2 saturated carbocycles. The Morgan fingerprint density at radius 3 is 2.17 bits per heavy atom. The SMILES string of the molecule is O=C(COC(=O)C(Cc1ccccc1)N1C(=O)C2C3C=CC(C4CC34)C2C1=O)Nc1ccc(F)cc1. The largest absolute Gasteiger partial charge is 0.454 e. The molecule has 36 heavy (non-hydrogen) atoms. The van der Waals surface area contributed by atoms with Gasteiger partial charge in [0, 0.05) is 12.1 Å². The van der Waals surface area contributed by atoms with Crippen molar-refractivity contribution in [2.75, 3.05) is 11.9 Å². The van der Waals surface area contributed by atoms with Crippen LogP contribution in [0.1, 0.15) is 12.0 Å². The lowest BCUT2D eigenvalue weighted by molar-refractivity contribution is -0.160. The highest BCUT2D eigenvalue weighted by Gasteiger charge is 2.68. The third kappa shape index (κ3) is 3.81. The van der Waals surface area contributed by atoms with Crippen molar-refractivity contribution >= 4 is 29.4 Å². The van der Waals surface area contributed by atoms with Gasteiger partial charge in [-0.1, -0.05) is 42.5 Å². The molecule has 7 nitrogen and oxygen atoms in total. The third-order valence-corrected chi connectivity index (χ3v) is 8.03. The van der Waals surface area contributed by atoms with Crippen molar-refractivity contribution in [3.05, 3.63) is 78.1 Å². The number of ether oxygens (including phenoxy) is 1. The lowest BCUT2D eigenvalue weighted by Gasteiger charge is -2.37. The number of anilines is 1. The summed E-state index contributed by atoms with van der Waals surface area (Å²) in [7, 11) is 0. The zero-order valence-electron chi connectivity index (χ0n) is 19.4. The van der Waals surface area contributed by atoms with E-state index in [2.05, 4.69) is 17.5 Å². The monoisotopic (exact) mass is 488 g/mol. The number of nitrogens with one attached hydrogen (secondary N) is 1. The highest BCUT2D eigenvalue weighted by molar-refractivity contribution is 6.09. The van der Waals surface area contributed by atoms with Crippen LogP contribution in [-0.4, -0.2) is 41.2 Å². The summed E-state index contributed by atoms with van der Waals surface area (Å²) < 4.78 is 18.4. The van der Waals surface area contributed by atoms with Crippen LogP contribution in [0.5, 0.6) is 0 Å². The molecule has 5 aliphatic rings. The fraction of sp³-hybridized carbons (Fsp3) is 0.357. The number of esters is 1. The number of nitrogens with zero attached hydrogens (tertiary/aromatic N) is 1. The van der Waals surface area contributed by atoms with E-state index in [1.54, 1.807) is 0 Å². The standard InChI is InChI=1S/C28H25FN2O5/c29-16-6-8-17(9-7-16)30-23(32)14-36-28(35)22(12-15-4-2-1-3-5-15)31-26(33)24-18-10-11-19(21-13-20(18)21)25(24)27(31)34/h1-11,18-22,24-25H,12-14H2,(H,30,32). The van der Waals surface area contributed by atoms with Gasteiger partial charge < -0.3 is 10.1 Å². The molecule has 1 saturated heterocycles. The van der Waals surface area contributed by atoms with Crippen molar-refractivity contribution in [2.45, 2.75) is 18.9 Å². The summed E-state index contributed by atoms with van der Waals surface area (Å²) in [6.07, 6.45) is 5.32. The van der Waals surface area contributed by atoms with Gasteiger partial charge in [-0.15, -0.1) is 0 Å². The molecule has 3 amide bonds. The van der Waals surface area contributed by atoms with Crippen LogP contribution in [0.25, 0.3) is 0 Å². The minimum Gasteiger partial charge on any atom is -0.454 e. The van der Waals surface area contributed by atoms with E-state index in [1.807, 2.05) is 30.3 Å². The van der Waals surface area contributed by atoms with E-state index in [9.17, 15) is 23.6 Å². The number of carbonyl (C=O) groups excluding carboxylic acids is 4. The Bertz CT molecular complexity index is 1220. The topological polar surface area (TPSA) is 92.8 Å². The highest BCUT2D eigenvalue weighted by atomic mass is 19.1. The molecule has 1 N–H and O–H groups in total. The molecule has 0 spiro atoms. The van der Waals surface area contributed by atoms with Crippen LogP contribution in [0.2, 0.25) is 0 Å². The third-order valence-electron chi connectivity index (χ3n) is 8.03. The number of benzene rings is 2. The minimum atomic E-state index is -1.16. The van der Waals surface area contributed by atoms with Gasteiger partial charge in [0.2, 0.25) is 11.8 Å². The fourth-order valence-electron chi connectivity index (χ4n) is 6.37. The molecule has 0 aromatic heterocycles. The lowest BCUT2D eigenvalue weighted by atomic mass is 9.63. The number of halogens is 1. The van der Waals surface area contributed by atoms with Gasteiger partial charge in [0.1, 0.15) is 11.9 Å². The number of amides is 3. The predicted octanol–water partition coefficient (Wildman–Crippen LogP) is 2.97. The maximum Gasteiger partial charge on any atom is 0.330 e. The summed E-state index contributed by atoms with van der Waals surface area (Å²) in [6.45, 7) is -0.596. The quantitative estimate of drug-likeness (QED) is 0.368. The van der Waals surface area contributed by atoms with Gasteiger partial charge in [0.25, 0.3) is 5.91 Å². The normalized spacial score (nSPS) is 30.0. The van der Waals surface area contributed by atoms with Crippen molar-refractivity contribution in [2.24, 2.45) is 35.5 Å². The van der Waals surface area contributed by atoms with E-state index in [4.69, 9.17) is 4.74 Å². The van der Waals surface area contributed by atoms with Crippen LogP contribution in [-0.2, 0) is 30.3 Å². The number of likely N-dealkylation sites (tertiary alicyclic amines) is 1. The predicted molar refractivity (Wildman–Crippen MR) is 126 cm³/mol. The van der Waals surface area contributed by atoms with Crippen molar-refractivity contribution in [1.29, 1.82) is 0 Å². The van der Waals surface area contributed by atoms with E-state index < -0.39 is 42.2 Å². The van der Waals surface area contributed by atoms with Gasteiger partial charge in [-0.2, -0.15) is 0 Å². The van der Waals surface area contributed by atoms with Crippen LogP contribution in [0, 0.1) is 41.3 Å². The number of hydrogen-bond donors (Lipinski definition) is 1. The molecule has 2 aromatic rings. The first-order valence-corrected chi connectivity index (χ1v) is 12.2. The van der Waals surface area contributed by atoms with Crippen LogP contribution >= 0.6 is 0 Å². The number of imide groups is 1. The molecule has 8 heteroatoms. The van der Waals surface area contributed by atoms with E-state index in [-0.39, 0.29) is 30.1 Å². The van der Waals surface area contributed by atoms with Crippen molar-refractivity contribution < 1.29 is 28.3 Å². The molecule has 1 aliphatic heterocycles. The Labute approximate surface area is 207 Å². The second kappa shape index (κ2) is 8.69. The average Bonchev–Trinajstić information content (AvgIpc) is 3.67. The van der Waals surface area contributed by atoms with Crippen molar-refractivity contribution in [3.8, 4) is 0 Å². The summed E-state index contributed by atoms with van der Waals surface area (Å²) in [5.41, 5.74) is 1.13. The summed E-state index contributed by atoms with van der Waals surface area (Å²) in [5, 5.41) is 2.53. The maximum atomic E-state index is 13.6. The van der Waals surface area contributed by atoms with Gasteiger partial charge in [-0.05, 0) is 59.9 Å². The van der Waals surface area contributed by atoms with Crippen molar-refractivity contribution in [1.82, 2.24) is 4.90 Å². The molecule has 2 aromatic carbocycles. The Morgan fingerprint density at radius 2 is 1.56 bits per heavy atom. The summed E-state index contributed by atoms with van der Waals surface area (Å²) in [5.74, 6) is -2.35. The van der Waals surface area contributed by atoms with E-state index in [1.165, 1.54) is 24.3 Å². The molecular weight excluding hydrogens is 463 g/mol.